The van der Waals surface area contributed by atoms with Crippen LogP contribution < -0.4 is 0 Å². The van der Waals surface area contributed by atoms with Crippen LogP contribution in [0.1, 0.15) is 17.7 Å². The molecule has 0 unspecified atom stereocenters. The molecule has 2 aromatic rings. The Morgan fingerprint density at radius 1 is 1.27 bits per heavy atom. The summed E-state index contributed by atoms with van der Waals surface area (Å²) in [6, 6.07) is 7.76. The van der Waals surface area contributed by atoms with Gasteiger partial charge in [-0.15, -0.1) is 0 Å². The number of fused-ring (bicyclic) bond motifs is 3. The lowest BCUT2D eigenvalue weighted by molar-refractivity contribution is -0.00601. The van der Waals surface area contributed by atoms with Gasteiger partial charge in [0.25, 0.3) is 0 Å². The van der Waals surface area contributed by atoms with Crippen molar-refractivity contribution in [3.05, 3.63) is 47.2 Å². The summed E-state index contributed by atoms with van der Waals surface area (Å²) >= 11 is 0. The third-order valence-corrected chi connectivity index (χ3v) is 2.61. The van der Waals surface area contributed by atoms with Crippen LogP contribution in [0.5, 0.6) is 0 Å². The number of para-hydroxylation sites is 1. The Hall–Kier alpha value is -2.12. The molecule has 0 saturated carbocycles. The minimum absolute atomic E-state index is 0.646. The maximum Gasteiger partial charge on any atom is 0.307 e. The number of rotatable bonds is 0. The lowest BCUT2D eigenvalue weighted by atomic mass is 9.99. The largest absolute Gasteiger partial charge is 0.456 e. The van der Waals surface area contributed by atoms with Crippen LogP contribution in [0.15, 0.2) is 34.8 Å². The summed E-state index contributed by atoms with van der Waals surface area (Å²) in [7, 11) is 0. The zero-order chi connectivity index (χ0) is 10.3. The predicted octanol–water partition coefficient (Wildman–Crippen LogP) is 2.87. The second kappa shape index (κ2) is 2.94. The molecule has 0 saturated heterocycles. The molecule has 0 bridgehead atoms. The molecule has 0 spiro atoms. The highest BCUT2D eigenvalue weighted by Crippen LogP contribution is 2.30. The van der Waals surface area contributed by atoms with Crippen molar-refractivity contribution in [1.82, 2.24) is 0 Å². The van der Waals surface area contributed by atoms with E-state index in [0.29, 0.717) is 12.1 Å². The number of benzene rings is 1. The molecule has 3 rings (SSSR count). The van der Waals surface area contributed by atoms with Gasteiger partial charge in [0.1, 0.15) is 16.9 Å². The Labute approximate surface area is 86.3 Å². The Morgan fingerprint density at radius 3 is 3.00 bits per heavy atom. The van der Waals surface area contributed by atoms with Crippen molar-refractivity contribution in [2.75, 3.05) is 0 Å². The summed E-state index contributed by atoms with van der Waals surface area (Å²) in [5.74, 6) is 0.773. The highest BCUT2D eigenvalue weighted by atomic mass is 16.3. The number of hydrogen-bond donors (Lipinski definition) is 0. The molecule has 0 amide bonds. The average Bonchev–Trinajstić information content (AvgIpc) is 2.67. The molecule has 1 aromatic carbocycles. The van der Waals surface area contributed by atoms with Gasteiger partial charge < -0.3 is 9.95 Å². The first kappa shape index (κ1) is 8.21. The molecule has 3 heteroatoms. The first-order valence-corrected chi connectivity index (χ1v) is 4.79. The SMILES string of the molecule is [N-]=[N+]=C1CC=Cc2oc3ccccc3c21. The maximum atomic E-state index is 8.93. The van der Waals surface area contributed by atoms with Gasteiger partial charge in [0, 0.05) is 5.39 Å². The molecule has 0 aliphatic heterocycles. The van der Waals surface area contributed by atoms with Crippen molar-refractivity contribution in [1.29, 1.82) is 0 Å². The van der Waals surface area contributed by atoms with Crippen LogP contribution in [0.2, 0.25) is 0 Å². The smallest absolute Gasteiger partial charge is 0.307 e. The second-order valence-electron chi connectivity index (χ2n) is 3.49. The standard InChI is InChI=1S/C12H8N2O/c13-14-9-5-3-7-11-12(9)8-4-1-2-6-10(8)15-11/h1-4,6-7H,5H2. The average molecular weight is 196 g/mol. The topological polar surface area (TPSA) is 49.5 Å². The quantitative estimate of drug-likeness (QED) is 0.472. The fourth-order valence-electron chi connectivity index (χ4n) is 1.95. The van der Waals surface area contributed by atoms with Gasteiger partial charge in [-0.25, -0.2) is 0 Å². The van der Waals surface area contributed by atoms with Crippen LogP contribution in [0.4, 0.5) is 0 Å². The van der Waals surface area contributed by atoms with Crippen molar-refractivity contribution >= 4 is 22.8 Å². The molecule has 0 N–H and O–H groups in total. The zero-order valence-corrected chi connectivity index (χ0v) is 7.97. The van der Waals surface area contributed by atoms with E-state index in [1.54, 1.807) is 0 Å². The minimum atomic E-state index is 0.646. The normalized spacial score (nSPS) is 14.0. The summed E-state index contributed by atoms with van der Waals surface area (Å²) in [4.78, 5) is 3.32. The lowest BCUT2D eigenvalue weighted by Crippen LogP contribution is -2.04. The Bertz CT molecular complexity index is 616. The van der Waals surface area contributed by atoms with Gasteiger partial charge in [0.05, 0.1) is 6.42 Å². The van der Waals surface area contributed by atoms with Crippen LogP contribution in [0.25, 0.3) is 22.6 Å². The minimum Gasteiger partial charge on any atom is -0.456 e. The summed E-state index contributed by atoms with van der Waals surface area (Å²) in [6.45, 7) is 0. The fourth-order valence-corrected chi connectivity index (χ4v) is 1.95. The van der Waals surface area contributed by atoms with E-state index in [0.717, 1.165) is 22.3 Å². The van der Waals surface area contributed by atoms with Crippen molar-refractivity contribution in [3.8, 4) is 0 Å². The number of allylic oxidation sites excluding steroid dienone is 1. The highest BCUT2D eigenvalue weighted by Gasteiger charge is 2.24. The molecule has 1 aromatic heterocycles. The lowest BCUT2D eigenvalue weighted by Gasteiger charge is -1.97. The van der Waals surface area contributed by atoms with Crippen LogP contribution in [0.3, 0.4) is 0 Å². The molecule has 15 heavy (non-hydrogen) atoms. The summed E-state index contributed by atoms with van der Waals surface area (Å²) < 4.78 is 5.64. The van der Waals surface area contributed by atoms with Crippen molar-refractivity contribution in [2.24, 2.45) is 0 Å². The number of furan rings is 1. The van der Waals surface area contributed by atoms with Crippen molar-refractivity contribution in [2.45, 2.75) is 6.42 Å². The van der Waals surface area contributed by atoms with Gasteiger partial charge in [0.2, 0.25) is 0 Å². The molecule has 72 valence electrons. The van der Waals surface area contributed by atoms with E-state index in [-0.39, 0.29) is 0 Å². The van der Waals surface area contributed by atoms with Gasteiger partial charge in [-0.3, -0.25) is 0 Å². The summed E-state index contributed by atoms with van der Waals surface area (Å²) in [5.41, 5.74) is 11.3. The van der Waals surface area contributed by atoms with Crippen molar-refractivity contribution < 1.29 is 9.21 Å². The molecule has 1 heterocycles. The van der Waals surface area contributed by atoms with Crippen LogP contribution in [0, 0.1) is 0 Å². The molecule has 1 aliphatic rings. The number of nitrogens with zero attached hydrogens (tertiary/aromatic N) is 2. The Morgan fingerprint density at radius 2 is 2.13 bits per heavy atom. The van der Waals surface area contributed by atoms with Gasteiger partial charge in [-0.2, -0.15) is 4.79 Å². The molecular formula is C12H8N2O. The van der Waals surface area contributed by atoms with Gasteiger partial charge >= 0.3 is 5.71 Å². The van der Waals surface area contributed by atoms with Gasteiger partial charge in [-0.05, 0) is 12.1 Å². The van der Waals surface area contributed by atoms with E-state index >= 15 is 0 Å². The molecule has 0 fully saturated rings. The van der Waals surface area contributed by atoms with Gasteiger partial charge in [0.15, 0.2) is 0 Å². The Balaban J connectivity index is 2.47. The van der Waals surface area contributed by atoms with E-state index in [2.05, 4.69) is 4.79 Å². The van der Waals surface area contributed by atoms with E-state index < -0.39 is 0 Å². The molecule has 0 atom stereocenters. The van der Waals surface area contributed by atoms with Crippen LogP contribution in [-0.2, 0) is 0 Å². The predicted molar refractivity (Wildman–Crippen MR) is 57.6 cm³/mol. The van der Waals surface area contributed by atoms with Gasteiger partial charge in [-0.1, -0.05) is 24.3 Å². The fraction of sp³-hybridized carbons (Fsp3) is 0.0833. The second-order valence-corrected chi connectivity index (χ2v) is 3.49. The van der Waals surface area contributed by atoms with E-state index in [1.807, 2.05) is 36.4 Å². The van der Waals surface area contributed by atoms with Crippen LogP contribution in [-0.4, -0.2) is 10.5 Å². The maximum absolute atomic E-state index is 8.93. The Kier molecular flexibility index (Phi) is 1.61. The van der Waals surface area contributed by atoms with E-state index in [1.165, 1.54) is 0 Å². The molecule has 1 aliphatic carbocycles. The number of hydrogen-bond acceptors (Lipinski definition) is 1. The third-order valence-electron chi connectivity index (χ3n) is 2.61. The van der Waals surface area contributed by atoms with E-state index in [4.69, 9.17) is 9.95 Å². The molecular weight excluding hydrogens is 188 g/mol. The zero-order valence-electron chi connectivity index (χ0n) is 7.97. The van der Waals surface area contributed by atoms with Crippen LogP contribution >= 0.6 is 0 Å². The summed E-state index contributed by atoms with van der Waals surface area (Å²) in [5, 5.41) is 1.00. The first-order chi connectivity index (χ1) is 7.40. The molecule has 3 nitrogen and oxygen atoms in total. The molecule has 0 radical (unpaired) electrons. The van der Waals surface area contributed by atoms with Crippen molar-refractivity contribution in [3.63, 3.8) is 0 Å². The van der Waals surface area contributed by atoms with E-state index in [9.17, 15) is 0 Å². The highest BCUT2D eigenvalue weighted by molar-refractivity contribution is 6.12. The summed E-state index contributed by atoms with van der Waals surface area (Å²) in [6.07, 6.45) is 4.50. The third kappa shape index (κ3) is 1.07. The monoisotopic (exact) mass is 196 g/mol. The first-order valence-electron chi connectivity index (χ1n) is 4.79.